The van der Waals surface area contributed by atoms with Crippen LogP contribution in [0.4, 0.5) is 10.1 Å². The normalized spacial score (nSPS) is 10.3. The van der Waals surface area contributed by atoms with Crippen LogP contribution in [-0.4, -0.2) is 0 Å². The molecule has 0 aliphatic rings. The Morgan fingerprint density at radius 2 is 2.00 bits per heavy atom. The Bertz CT molecular complexity index is 525. The summed E-state index contributed by atoms with van der Waals surface area (Å²) in [6, 6.07) is 12.5. The van der Waals surface area contributed by atoms with Crippen LogP contribution in [0.25, 0.3) is 0 Å². The fraction of sp³-hybridized carbons (Fsp3) is 0.143. The number of hydrogen-bond acceptors (Lipinski definition) is 1. The molecule has 0 saturated carbocycles. The van der Waals surface area contributed by atoms with Crippen LogP contribution in [0.2, 0.25) is 5.02 Å². The maximum atomic E-state index is 12.9. The fourth-order valence-electron chi connectivity index (χ4n) is 1.62. The van der Waals surface area contributed by atoms with Gasteiger partial charge in [-0.15, -0.1) is 0 Å². The van der Waals surface area contributed by atoms with Gasteiger partial charge in [-0.3, -0.25) is 0 Å². The van der Waals surface area contributed by atoms with Gasteiger partial charge in [-0.25, -0.2) is 4.39 Å². The van der Waals surface area contributed by atoms with Gasteiger partial charge in [0.15, 0.2) is 0 Å². The highest BCUT2D eigenvalue weighted by Gasteiger charge is 2.01. The molecule has 0 spiro atoms. The van der Waals surface area contributed by atoms with Crippen molar-refractivity contribution in [2.45, 2.75) is 13.5 Å². The lowest BCUT2D eigenvalue weighted by atomic mass is 10.2. The van der Waals surface area contributed by atoms with Crippen molar-refractivity contribution in [1.29, 1.82) is 0 Å². The van der Waals surface area contributed by atoms with E-state index in [1.54, 1.807) is 6.07 Å². The summed E-state index contributed by atoms with van der Waals surface area (Å²) in [6.07, 6.45) is 0. The molecule has 1 N–H and O–H groups in total. The Morgan fingerprint density at radius 3 is 2.71 bits per heavy atom. The van der Waals surface area contributed by atoms with Crippen molar-refractivity contribution in [3.8, 4) is 0 Å². The van der Waals surface area contributed by atoms with E-state index in [1.165, 1.54) is 17.7 Å². The quantitative estimate of drug-likeness (QED) is 0.850. The first kappa shape index (κ1) is 11.9. The van der Waals surface area contributed by atoms with E-state index >= 15 is 0 Å². The number of benzene rings is 2. The highest BCUT2D eigenvalue weighted by molar-refractivity contribution is 6.31. The molecule has 0 radical (unpaired) electrons. The van der Waals surface area contributed by atoms with Gasteiger partial charge in [0.05, 0.1) is 0 Å². The van der Waals surface area contributed by atoms with Gasteiger partial charge >= 0.3 is 0 Å². The van der Waals surface area contributed by atoms with Crippen LogP contribution in [0, 0.1) is 12.7 Å². The van der Waals surface area contributed by atoms with Crippen molar-refractivity contribution in [3.05, 3.63) is 64.4 Å². The SMILES string of the molecule is Cc1cccc(NCc2ccc(F)cc2Cl)c1. The van der Waals surface area contributed by atoms with E-state index in [0.29, 0.717) is 11.6 Å². The Labute approximate surface area is 105 Å². The lowest BCUT2D eigenvalue weighted by molar-refractivity contribution is 0.627. The first-order valence-corrected chi connectivity index (χ1v) is 5.77. The maximum absolute atomic E-state index is 12.9. The smallest absolute Gasteiger partial charge is 0.124 e. The average molecular weight is 250 g/mol. The summed E-state index contributed by atoms with van der Waals surface area (Å²) in [6.45, 7) is 2.62. The number of halogens is 2. The minimum Gasteiger partial charge on any atom is -0.381 e. The van der Waals surface area contributed by atoms with Gasteiger partial charge < -0.3 is 5.32 Å². The number of hydrogen-bond donors (Lipinski definition) is 1. The number of aryl methyl sites for hydroxylation is 1. The second-order valence-electron chi connectivity index (χ2n) is 3.96. The second kappa shape index (κ2) is 5.19. The van der Waals surface area contributed by atoms with E-state index in [2.05, 4.69) is 11.4 Å². The van der Waals surface area contributed by atoms with Crippen LogP contribution < -0.4 is 5.32 Å². The van der Waals surface area contributed by atoms with Crippen LogP contribution in [0.1, 0.15) is 11.1 Å². The Morgan fingerprint density at radius 1 is 1.18 bits per heavy atom. The Kier molecular flexibility index (Phi) is 3.64. The molecule has 3 heteroatoms. The van der Waals surface area contributed by atoms with Gasteiger partial charge in [-0.05, 0) is 42.3 Å². The zero-order chi connectivity index (χ0) is 12.3. The van der Waals surface area contributed by atoms with E-state index in [4.69, 9.17) is 11.6 Å². The fourth-order valence-corrected chi connectivity index (χ4v) is 1.85. The molecule has 0 aromatic heterocycles. The highest BCUT2D eigenvalue weighted by atomic mass is 35.5. The first-order chi connectivity index (χ1) is 8.15. The predicted octanol–water partition coefficient (Wildman–Crippen LogP) is 4.40. The maximum Gasteiger partial charge on any atom is 0.124 e. The van der Waals surface area contributed by atoms with E-state index in [-0.39, 0.29) is 5.82 Å². The van der Waals surface area contributed by atoms with Crippen LogP contribution in [0.15, 0.2) is 42.5 Å². The van der Waals surface area contributed by atoms with Gasteiger partial charge in [-0.2, -0.15) is 0 Å². The molecule has 2 aromatic carbocycles. The third-order valence-electron chi connectivity index (χ3n) is 2.52. The molecule has 0 unspecified atom stereocenters. The molecule has 2 rings (SSSR count). The van der Waals surface area contributed by atoms with E-state index in [0.717, 1.165) is 11.3 Å². The monoisotopic (exact) mass is 249 g/mol. The molecule has 88 valence electrons. The molecule has 0 atom stereocenters. The standard InChI is InChI=1S/C14H13ClFN/c1-10-3-2-4-13(7-10)17-9-11-5-6-12(16)8-14(11)15/h2-8,17H,9H2,1H3. The minimum absolute atomic E-state index is 0.311. The average Bonchev–Trinajstić information content (AvgIpc) is 2.28. The first-order valence-electron chi connectivity index (χ1n) is 5.39. The number of rotatable bonds is 3. The molecule has 0 aliphatic carbocycles. The molecule has 0 aliphatic heterocycles. The highest BCUT2D eigenvalue weighted by Crippen LogP contribution is 2.19. The van der Waals surface area contributed by atoms with Crippen LogP contribution in [-0.2, 0) is 6.54 Å². The van der Waals surface area contributed by atoms with Crippen LogP contribution >= 0.6 is 11.6 Å². The van der Waals surface area contributed by atoms with Crippen LogP contribution in [0.5, 0.6) is 0 Å². The summed E-state index contributed by atoms with van der Waals surface area (Å²) < 4.78 is 12.9. The molecular weight excluding hydrogens is 237 g/mol. The summed E-state index contributed by atoms with van der Waals surface area (Å²) in [5.41, 5.74) is 3.11. The van der Waals surface area contributed by atoms with Gasteiger partial charge in [0.2, 0.25) is 0 Å². The topological polar surface area (TPSA) is 12.0 Å². The van der Waals surface area contributed by atoms with Crippen LogP contribution in [0.3, 0.4) is 0 Å². The van der Waals surface area contributed by atoms with Crippen molar-refractivity contribution in [3.63, 3.8) is 0 Å². The number of anilines is 1. The number of nitrogens with one attached hydrogen (secondary N) is 1. The van der Waals surface area contributed by atoms with Gasteiger partial charge in [0.25, 0.3) is 0 Å². The summed E-state index contributed by atoms with van der Waals surface area (Å²) in [4.78, 5) is 0. The molecule has 17 heavy (non-hydrogen) atoms. The van der Waals surface area contributed by atoms with E-state index in [9.17, 15) is 4.39 Å². The van der Waals surface area contributed by atoms with Crippen molar-refractivity contribution in [2.24, 2.45) is 0 Å². The van der Waals surface area contributed by atoms with Gasteiger partial charge in [-0.1, -0.05) is 29.8 Å². The lowest BCUT2D eigenvalue weighted by Crippen LogP contribution is -2.00. The molecule has 0 saturated heterocycles. The van der Waals surface area contributed by atoms with Crippen molar-refractivity contribution < 1.29 is 4.39 Å². The Balaban J connectivity index is 2.07. The largest absolute Gasteiger partial charge is 0.381 e. The predicted molar refractivity (Wildman–Crippen MR) is 69.9 cm³/mol. The minimum atomic E-state index is -0.311. The zero-order valence-corrected chi connectivity index (χ0v) is 10.3. The van der Waals surface area contributed by atoms with Crippen molar-refractivity contribution in [2.75, 3.05) is 5.32 Å². The molecular formula is C14H13ClFN. The molecule has 0 fully saturated rings. The van der Waals surface area contributed by atoms with Gasteiger partial charge in [0.1, 0.15) is 5.82 Å². The van der Waals surface area contributed by atoms with E-state index in [1.807, 2.05) is 25.1 Å². The lowest BCUT2D eigenvalue weighted by Gasteiger charge is -2.08. The second-order valence-corrected chi connectivity index (χ2v) is 4.37. The zero-order valence-electron chi connectivity index (χ0n) is 9.50. The van der Waals surface area contributed by atoms with Gasteiger partial charge in [0, 0.05) is 17.3 Å². The molecule has 2 aromatic rings. The summed E-state index contributed by atoms with van der Waals surface area (Å²) in [5.74, 6) is -0.311. The molecule has 0 bridgehead atoms. The van der Waals surface area contributed by atoms with E-state index < -0.39 is 0 Å². The molecule has 0 amide bonds. The third-order valence-corrected chi connectivity index (χ3v) is 2.87. The molecule has 1 nitrogen and oxygen atoms in total. The Hall–Kier alpha value is -1.54. The van der Waals surface area contributed by atoms with Crippen molar-refractivity contribution >= 4 is 17.3 Å². The summed E-state index contributed by atoms with van der Waals surface area (Å²) in [7, 11) is 0. The van der Waals surface area contributed by atoms with Crippen molar-refractivity contribution in [1.82, 2.24) is 0 Å². The molecule has 0 heterocycles. The summed E-state index contributed by atoms with van der Waals surface area (Å²) in [5, 5.41) is 3.70. The third kappa shape index (κ3) is 3.21. The summed E-state index contributed by atoms with van der Waals surface area (Å²) >= 11 is 5.95.